The molecule has 4 rings (SSSR count). The number of anilines is 1. The Bertz CT molecular complexity index is 1410. The van der Waals surface area contributed by atoms with Crippen molar-refractivity contribution >= 4 is 28.5 Å². The van der Waals surface area contributed by atoms with E-state index in [1.807, 2.05) is 39.2 Å². The molecule has 0 saturated heterocycles. The van der Waals surface area contributed by atoms with Crippen molar-refractivity contribution in [2.75, 3.05) is 25.2 Å². The minimum absolute atomic E-state index is 0.0609. The topological polar surface area (TPSA) is 99.7 Å². The number of carbonyl (C=O) groups excluding carboxylic acids is 2. The van der Waals surface area contributed by atoms with Gasteiger partial charge in [0.05, 0.1) is 18.9 Å². The standard InChI is InChI=1S/C28H31FN4O5.C2H6/c1-5-7-21(36-4)12-13-33(28(35)37-6-2)25-22-14-18(20-16-31-32(3)17-20)8-10-23(22)38-27(25)26(34)19-9-11-24(29)30-15-19;1-2/h8-11,14-17,21H,5-7,12-13H2,1-4H3;1-2H3. The predicted octanol–water partition coefficient (Wildman–Crippen LogP) is 6.79. The van der Waals surface area contributed by atoms with Crippen molar-refractivity contribution in [2.45, 2.75) is 53.1 Å². The Kier molecular flexibility index (Phi) is 11.0. The highest BCUT2D eigenvalue weighted by Crippen LogP contribution is 2.38. The molecular formula is C30H37FN4O5. The molecule has 0 bridgehead atoms. The van der Waals surface area contributed by atoms with Crippen LogP contribution in [0.4, 0.5) is 14.9 Å². The summed E-state index contributed by atoms with van der Waals surface area (Å²) < 4.78 is 32.2. The van der Waals surface area contributed by atoms with Crippen molar-refractivity contribution in [1.82, 2.24) is 14.8 Å². The summed E-state index contributed by atoms with van der Waals surface area (Å²) in [6.07, 6.45) is 6.31. The molecule has 1 unspecified atom stereocenters. The van der Waals surface area contributed by atoms with Crippen LogP contribution in [0.3, 0.4) is 0 Å². The first kappa shape index (κ1) is 30.5. The number of amides is 1. The normalized spacial score (nSPS) is 11.6. The number of pyridine rings is 1. The monoisotopic (exact) mass is 552 g/mol. The fraction of sp³-hybridized carbons (Fsp3) is 0.400. The zero-order chi connectivity index (χ0) is 29.2. The second-order valence-electron chi connectivity index (χ2n) is 8.88. The lowest BCUT2D eigenvalue weighted by molar-refractivity contribution is 0.0882. The average molecular weight is 553 g/mol. The lowest BCUT2D eigenvalue weighted by Gasteiger charge is -2.24. The number of aryl methyl sites for hydroxylation is 1. The second kappa shape index (κ2) is 14.4. The van der Waals surface area contributed by atoms with Crippen LogP contribution >= 0.6 is 0 Å². The molecule has 0 aliphatic heterocycles. The second-order valence-corrected chi connectivity index (χ2v) is 8.88. The molecule has 40 heavy (non-hydrogen) atoms. The van der Waals surface area contributed by atoms with E-state index < -0.39 is 17.8 Å². The molecule has 3 aromatic heterocycles. The molecule has 1 amide bonds. The molecule has 0 saturated carbocycles. The van der Waals surface area contributed by atoms with Crippen molar-refractivity contribution in [3.05, 3.63) is 66.2 Å². The van der Waals surface area contributed by atoms with Crippen LogP contribution in [0.1, 0.15) is 63.1 Å². The van der Waals surface area contributed by atoms with Crippen LogP contribution in [0.5, 0.6) is 0 Å². The molecule has 0 spiro atoms. The lowest BCUT2D eigenvalue weighted by Crippen LogP contribution is -2.35. The molecule has 0 aliphatic rings. The summed E-state index contributed by atoms with van der Waals surface area (Å²) in [4.78, 5) is 31.9. The van der Waals surface area contributed by atoms with Crippen molar-refractivity contribution in [1.29, 1.82) is 0 Å². The van der Waals surface area contributed by atoms with Gasteiger partial charge in [0, 0.05) is 49.6 Å². The highest BCUT2D eigenvalue weighted by molar-refractivity contribution is 6.17. The molecule has 1 atom stereocenters. The minimum Gasteiger partial charge on any atom is -0.450 e. The highest BCUT2D eigenvalue weighted by Gasteiger charge is 2.31. The number of halogens is 1. The summed E-state index contributed by atoms with van der Waals surface area (Å²) in [5.41, 5.74) is 2.52. The van der Waals surface area contributed by atoms with Gasteiger partial charge < -0.3 is 13.9 Å². The molecule has 0 fully saturated rings. The van der Waals surface area contributed by atoms with E-state index in [9.17, 15) is 14.0 Å². The maximum Gasteiger partial charge on any atom is 0.414 e. The van der Waals surface area contributed by atoms with E-state index in [0.717, 1.165) is 36.2 Å². The third-order valence-corrected chi connectivity index (χ3v) is 6.27. The van der Waals surface area contributed by atoms with Gasteiger partial charge in [-0.2, -0.15) is 9.49 Å². The summed E-state index contributed by atoms with van der Waals surface area (Å²) in [5.74, 6) is -1.30. The number of fused-ring (bicyclic) bond motifs is 1. The van der Waals surface area contributed by atoms with Crippen molar-refractivity contribution in [2.24, 2.45) is 7.05 Å². The average Bonchev–Trinajstić information content (AvgIpc) is 3.57. The zero-order valence-electron chi connectivity index (χ0n) is 23.9. The SMILES string of the molecule is CC.CCCC(CCN(C(=O)OCC)c1c(C(=O)c2ccc(F)nc2)oc2ccc(-c3cnn(C)c3)cc12)OC. The van der Waals surface area contributed by atoms with Crippen molar-refractivity contribution in [3.8, 4) is 11.1 Å². The van der Waals surface area contributed by atoms with Crippen molar-refractivity contribution in [3.63, 3.8) is 0 Å². The Labute approximate surface area is 233 Å². The third-order valence-electron chi connectivity index (χ3n) is 6.27. The summed E-state index contributed by atoms with van der Waals surface area (Å²) in [6, 6.07) is 7.90. The van der Waals surface area contributed by atoms with Gasteiger partial charge in [-0.05, 0) is 49.6 Å². The summed E-state index contributed by atoms with van der Waals surface area (Å²) in [6.45, 7) is 8.16. The van der Waals surface area contributed by atoms with Crippen LogP contribution in [0.2, 0.25) is 0 Å². The number of ketones is 1. The van der Waals surface area contributed by atoms with Crippen LogP contribution < -0.4 is 4.90 Å². The number of rotatable bonds is 11. The summed E-state index contributed by atoms with van der Waals surface area (Å²) in [7, 11) is 3.46. The fourth-order valence-electron chi connectivity index (χ4n) is 4.37. The summed E-state index contributed by atoms with van der Waals surface area (Å²) in [5, 5.41) is 4.80. The van der Waals surface area contributed by atoms with Crippen LogP contribution in [-0.2, 0) is 16.5 Å². The maximum atomic E-state index is 13.6. The van der Waals surface area contributed by atoms with E-state index in [0.29, 0.717) is 17.4 Å². The molecule has 10 heteroatoms. The lowest BCUT2D eigenvalue weighted by atomic mass is 10.0. The molecule has 4 aromatic rings. The molecule has 0 radical (unpaired) electrons. The molecule has 1 aromatic carbocycles. The van der Waals surface area contributed by atoms with E-state index in [4.69, 9.17) is 13.9 Å². The quantitative estimate of drug-likeness (QED) is 0.149. The Hall–Kier alpha value is -4.05. The number of furan rings is 1. The van der Waals surface area contributed by atoms with Gasteiger partial charge in [-0.25, -0.2) is 9.78 Å². The Morgan fingerprint density at radius 3 is 2.48 bits per heavy atom. The first-order valence-corrected chi connectivity index (χ1v) is 13.5. The van der Waals surface area contributed by atoms with Crippen LogP contribution in [0.15, 0.2) is 53.3 Å². The summed E-state index contributed by atoms with van der Waals surface area (Å²) >= 11 is 0. The van der Waals surface area contributed by atoms with Gasteiger partial charge in [0.1, 0.15) is 11.3 Å². The number of aromatic nitrogens is 3. The Balaban J connectivity index is 0.00000216. The van der Waals surface area contributed by atoms with Gasteiger partial charge in [-0.15, -0.1) is 0 Å². The van der Waals surface area contributed by atoms with Gasteiger partial charge in [0.2, 0.25) is 11.7 Å². The van der Waals surface area contributed by atoms with Crippen LogP contribution in [-0.4, -0.2) is 53.0 Å². The van der Waals surface area contributed by atoms with Gasteiger partial charge >= 0.3 is 6.09 Å². The van der Waals surface area contributed by atoms with Gasteiger partial charge in [0.15, 0.2) is 5.76 Å². The van der Waals surface area contributed by atoms with Crippen LogP contribution in [0.25, 0.3) is 22.1 Å². The largest absolute Gasteiger partial charge is 0.450 e. The van der Waals surface area contributed by atoms with E-state index >= 15 is 0 Å². The Morgan fingerprint density at radius 1 is 1.10 bits per heavy atom. The molecule has 3 heterocycles. The number of hydrogen-bond acceptors (Lipinski definition) is 7. The van der Waals surface area contributed by atoms with Gasteiger partial charge in [-0.1, -0.05) is 33.3 Å². The van der Waals surface area contributed by atoms with E-state index in [1.54, 1.807) is 31.0 Å². The number of nitrogens with zero attached hydrogens (tertiary/aromatic N) is 4. The van der Waals surface area contributed by atoms with E-state index in [1.165, 1.54) is 11.0 Å². The third kappa shape index (κ3) is 6.93. The number of ether oxygens (including phenoxy) is 2. The van der Waals surface area contributed by atoms with E-state index in [-0.39, 0.29) is 36.3 Å². The van der Waals surface area contributed by atoms with Gasteiger partial charge in [0.25, 0.3) is 0 Å². The number of carbonyl (C=O) groups is 2. The van der Waals surface area contributed by atoms with Gasteiger partial charge in [-0.3, -0.25) is 14.4 Å². The van der Waals surface area contributed by atoms with E-state index in [2.05, 4.69) is 17.0 Å². The maximum absolute atomic E-state index is 13.6. The molecule has 0 N–H and O–H groups in total. The molecular weight excluding hydrogens is 515 g/mol. The first-order valence-electron chi connectivity index (χ1n) is 13.5. The van der Waals surface area contributed by atoms with Crippen molar-refractivity contribution < 1.29 is 27.9 Å². The zero-order valence-corrected chi connectivity index (χ0v) is 23.9. The minimum atomic E-state index is -0.706. The molecule has 214 valence electrons. The number of hydrogen-bond donors (Lipinski definition) is 0. The smallest absolute Gasteiger partial charge is 0.414 e. The Morgan fingerprint density at radius 2 is 1.88 bits per heavy atom. The number of methoxy groups -OCH3 is 1. The fourth-order valence-corrected chi connectivity index (χ4v) is 4.37. The highest BCUT2D eigenvalue weighted by atomic mass is 19.1. The first-order chi connectivity index (χ1) is 19.4. The molecule has 0 aliphatic carbocycles. The predicted molar refractivity (Wildman–Crippen MR) is 152 cm³/mol. The van der Waals surface area contributed by atoms with Crippen LogP contribution in [0, 0.1) is 5.95 Å². The molecule has 9 nitrogen and oxygen atoms in total. The number of benzene rings is 1.